The van der Waals surface area contributed by atoms with Crippen molar-refractivity contribution in [3.05, 3.63) is 0 Å². The third-order valence-corrected chi connectivity index (χ3v) is 12.6. The van der Waals surface area contributed by atoms with Crippen LogP contribution in [0.15, 0.2) is 0 Å². The molecule has 2 saturated carbocycles. The van der Waals surface area contributed by atoms with Crippen molar-refractivity contribution in [1.82, 2.24) is 0 Å². The molecule has 0 bridgehead atoms. The van der Waals surface area contributed by atoms with E-state index in [0.29, 0.717) is 0 Å². The lowest BCUT2D eigenvalue weighted by Crippen LogP contribution is -2.66. The van der Waals surface area contributed by atoms with E-state index in [1.165, 1.54) is 13.8 Å². The number of ether oxygens (including phenoxy) is 2. The number of halogens is 24. The lowest BCUT2D eigenvalue weighted by Gasteiger charge is -2.47. The second-order valence-corrected chi connectivity index (χ2v) is 17.3. The van der Waals surface area contributed by atoms with Gasteiger partial charge in [-0.2, -0.15) is 105 Å². The van der Waals surface area contributed by atoms with Gasteiger partial charge in [-0.15, -0.1) is 0 Å². The molecule has 6 nitrogen and oxygen atoms in total. The third-order valence-electron chi connectivity index (χ3n) is 12.6. The van der Waals surface area contributed by atoms with Crippen LogP contribution in [0.4, 0.5) is 105 Å². The fraction of sp³-hybridized carbons (Fsp3) is 0.944. The largest absolute Gasteiger partial charge is 0.439 e. The molecule has 30 heteroatoms. The van der Waals surface area contributed by atoms with Gasteiger partial charge in [-0.3, -0.25) is 9.59 Å². The molecule has 0 radical (unpaired) electrons. The number of hydrogen-bond donors (Lipinski definition) is 2. The Morgan fingerprint density at radius 3 is 0.667 bits per heavy atom. The minimum absolute atomic E-state index is 0.228. The molecule has 0 aromatic rings. The molecule has 0 aromatic heterocycles. The molecule has 2 aliphatic rings. The van der Waals surface area contributed by atoms with E-state index >= 15 is 0 Å². The second kappa shape index (κ2) is 18.8. The van der Waals surface area contributed by atoms with Crippen LogP contribution in [-0.4, -0.2) is 94.0 Å². The maximum atomic E-state index is 13.8. The standard InChI is InChI=1S/2C18H22F12O3/c2*1-4-12(2,3)11(31)33-14(17(25,26)27,18(28,29)30)10-7-5-9(6-8-10)13(32,15(19,20)21)16(22,23)24/h2*9-10,32H,4-8H2,1-3H3. The normalized spacial score (nSPS) is 22.3. The zero-order valence-corrected chi connectivity index (χ0v) is 35.0. The highest BCUT2D eigenvalue weighted by Crippen LogP contribution is 2.61. The van der Waals surface area contributed by atoms with Gasteiger partial charge in [0.1, 0.15) is 0 Å². The zero-order valence-electron chi connectivity index (χ0n) is 35.0. The Labute approximate surface area is 359 Å². The van der Waals surface area contributed by atoms with Gasteiger partial charge in [0.2, 0.25) is 0 Å². The quantitative estimate of drug-likeness (QED) is 0.167. The molecule has 392 valence electrons. The highest BCUT2D eigenvalue weighted by Gasteiger charge is 2.81. The van der Waals surface area contributed by atoms with Gasteiger partial charge in [0.15, 0.2) is 0 Å². The van der Waals surface area contributed by atoms with Gasteiger partial charge in [0.25, 0.3) is 11.2 Å². The summed E-state index contributed by atoms with van der Waals surface area (Å²) in [6.07, 6.45) is -62.6. The van der Waals surface area contributed by atoms with Crippen molar-refractivity contribution < 1.29 is 135 Å². The summed E-state index contributed by atoms with van der Waals surface area (Å²) in [5.41, 5.74) is -24.6. The SMILES string of the molecule is CCC(C)(C)C(=O)OC(C1CCC(C(O)(C(F)(F)F)C(F)(F)F)CC1)(C(F)(F)F)C(F)(F)F.CCC(C)(C)C(=O)OC(C1CCC(C(O)(C(F)(F)F)C(F)(F)F)CC1)(C(F)(F)F)C(F)(F)F. The molecule has 0 heterocycles. The smallest absolute Gasteiger partial charge is 0.437 e. The first kappa shape index (κ1) is 61.2. The van der Waals surface area contributed by atoms with Crippen molar-refractivity contribution in [2.24, 2.45) is 34.5 Å². The van der Waals surface area contributed by atoms with E-state index < -0.39 is 170 Å². The molecule has 0 amide bonds. The molecular weight excluding hydrogens is 984 g/mol. The first-order valence-electron chi connectivity index (χ1n) is 19.2. The van der Waals surface area contributed by atoms with Crippen LogP contribution in [0.1, 0.15) is 106 Å². The van der Waals surface area contributed by atoms with Gasteiger partial charge in [-0.1, -0.05) is 13.8 Å². The van der Waals surface area contributed by atoms with Gasteiger partial charge < -0.3 is 19.7 Å². The molecule has 0 saturated heterocycles. The van der Waals surface area contributed by atoms with Crippen LogP contribution >= 0.6 is 0 Å². The summed E-state index contributed by atoms with van der Waals surface area (Å²) in [4.78, 5) is 24.3. The van der Waals surface area contributed by atoms with Crippen LogP contribution in [0, 0.1) is 34.5 Å². The molecule has 2 fully saturated rings. The molecule has 0 atom stereocenters. The molecule has 0 spiro atoms. The van der Waals surface area contributed by atoms with E-state index in [4.69, 9.17) is 0 Å². The predicted octanol–water partition coefficient (Wildman–Crippen LogP) is 13.0. The average molecular weight is 1030 g/mol. The fourth-order valence-electron chi connectivity index (χ4n) is 7.59. The Hall–Kier alpha value is -2.82. The van der Waals surface area contributed by atoms with Crippen molar-refractivity contribution in [3.63, 3.8) is 0 Å². The molecule has 0 aliphatic heterocycles. The van der Waals surface area contributed by atoms with E-state index in [1.807, 2.05) is 0 Å². The molecule has 2 rings (SSSR count). The number of esters is 2. The Morgan fingerprint density at radius 1 is 0.364 bits per heavy atom. The second-order valence-electron chi connectivity index (χ2n) is 17.3. The van der Waals surface area contributed by atoms with Crippen LogP contribution in [0.25, 0.3) is 0 Å². The fourth-order valence-corrected chi connectivity index (χ4v) is 7.59. The average Bonchev–Trinajstić information content (AvgIpc) is 3.11. The maximum Gasteiger partial charge on any atom is 0.437 e. The summed E-state index contributed by atoms with van der Waals surface area (Å²) < 4.78 is 330. The zero-order chi connectivity index (χ0) is 52.9. The number of rotatable bonds is 10. The Balaban J connectivity index is 0.000000660. The van der Waals surface area contributed by atoms with Gasteiger partial charge in [0, 0.05) is 23.7 Å². The number of carbonyl (C=O) groups is 2. The van der Waals surface area contributed by atoms with Crippen LogP contribution < -0.4 is 0 Å². The molecule has 66 heavy (non-hydrogen) atoms. The van der Waals surface area contributed by atoms with Crippen LogP contribution in [0.3, 0.4) is 0 Å². The van der Waals surface area contributed by atoms with E-state index in [-0.39, 0.29) is 12.8 Å². The van der Waals surface area contributed by atoms with E-state index in [2.05, 4.69) is 9.47 Å². The van der Waals surface area contributed by atoms with Gasteiger partial charge in [-0.25, -0.2) is 0 Å². The van der Waals surface area contributed by atoms with E-state index in [9.17, 15) is 125 Å². The first-order valence-corrected chi connectivity index (χ1v) is 19.2. The topological polar surface area (TPSA) is 93.1 Å². The summed E-state index contributed by atoms with van der Waals surface area (Å²) in [7, 11) is 0. The van der Waals surface area contributed by atoms with E-state index in [0.717, 1.165) is 27.7 Å². The highest BCUT2D eigenvalue weighted by atomic mass is 19.4. The maximum absolute atomic E-state index is 13.8. The predicted molar refractivity (Wildman–Crippen MR) is 175 cm³/mol. The Kier molecular flexibility index (Phi) is 17.5. The van der Waals surface area contributed by atoms with Crippen molar-refractivity contribution in [3.8, 4) is 0 Å². The van der Waals surface area contributed by atoms with E-state index in [1.54, 1.807) is 0 Å². The number of hydrogen-bond acceptors (Lipinski definition) is 6. The molecule has 0 unspecified atom stereocenters. The summed E-state index contributed by atoms with van der Waals surface area (Å²) in [5.74, 6) is -14.7. The van der Waals surface area contributed by atoms with Gasteiger partial charge >= 0.3 is 72.6 Å². The lowest BCUT2D eigenvalue weighted by molar-refractivity contribution is -0.400. The van der Waals surface area contributed by atoms with Crippen molar-refractivity contribution in [2.75, 3.05) is 0 Å². The summed E-state index contributed by atoms with van der Waals surface area (Å²) in [5, 5.41) is 18.8. The number of aliphatic hydroxyl groups is 2. The molecule has 2 N–H and O–H groups in total. The van der Waals surface area contributed by atoms with Gasteiger partial charge in [-0.05, 0) is 91.9 Å². The highest BCUT2D eigenvalue weighted by molar-refractivity contribution is 5.77. The number of carbonyl (C=O) groups excluding carboxylic acids is 2. The Bertz CT molecular complexity index is 1450. The number of alkyl halides is 24. The molecular formula is C36H44F24O6. The monoisotopic (exact) mass is 1030 g/mol. The molecule has 0 aromatic carbocycles. The van der Waals surface area contributed by atoms with Crippen molar-refractivity contribution in [2.45, 2.75) is 178 Å². The minimum Gasteiger partial charge on any atom is -0.439 e. The summed E-state index contributed by atoms with van der Waals surface area (Å²) in [6, 6.07) is 0. The summed E-state index contributed by atoms with van der Waals surface area (Å²) >= 11 is 0. The third kappa shape index (κ3) is 11.1. The van der Waals surface area contributed by atoms with Crippen LogP contribution in [0.5, 0.6) is 0 Å². The first-order chi connectivity index (χ1) is 28.8. The summed E-state index contributed by atoms with van der Waals surface area (Å²) in [6.45, 7) is 6.61. The lowest BCUT2D eigenvalue weighted by atomic mass is 9.67. The van der Waals surface area contributed by atoms with Crippen LogP contribution in [0.2, 0.25) is 0 Å². The van der Waals surface area contributed by atoms with Crippen molar-refractivity contribution >= 4 is 11.9 Å². The minimum atomic E-state index is -6.29. The Morgan fingerprint density at radius 2 is 0.530 bits per heavy atom. The van der Waals surface area contributed by atoms with Gasteiger partial charge in [0.05, 0.1) is 10.8 Å². The van der Waals surface area contributed by atoms with Crippen molar-refractivity contribution in [1.29, 1.82) is 0 Å². The molecule has 2 aliphatic carbocycles. The van der Waals surface area contributed by atoms with Crippen LogP contribution in [-0.2, 0) is 19.1 Å².